The molecule has 6 nitrogen and oxygen atoms in total. The molecule has 2 rings (SSSR count). The van der Waals surface area contributed by atoms with Crippen LogP contribution in [-0.4, -0.2) is 66.5 Å². The minimum absolute atomic E-state index is 0.0112. The molecule has 2 aliphatic heterocycles. The fourth-order valence-corrected chi connectivity index (χ4v) is 3.64. The van der Waals surface area contributed by atoms with Crippen molar-refractivity contribution in [1.29, 1.82) is 0 Å². The van der Waals surface area contributed by atoms with E-state index < -0.39 is 0 Å². The molecule has 1 atom stereocenters. The Morgan fingerprint density at radius 1 is 1.08 bits per heavy atom. The molecule has 2 fully saturated rings. The standard InChI is InChI=1S/C18H34N4O2/c1-14(2)20-18(24)22-11-7-16(8-12-22)17(23)19-9-13-21-10-5-4-6-15(21)3/h14-16H,4-13H2,1-3H3,(H,19,23)(H,20,24)/t15-/m1/s1. The Morgan fingerprint density at radius 2 is 1.79 bits per heavy atom. The van der Waals surface area contributed by atoms with Crippen molar-refractivity contribution in [1.82, 2.24) is 20.4 Å². The maximum absolute atomic E-state index is 12.3. The van der Waals surface area contributed by atoms with E-state index in [0.29, 0.717) is 19.1 Å². The summed E-state index contributed by atoms with van der Waals surface area (Å²) in [6.45, 7) is 10.4. The van der Waals surface area contributed by atoms with Gasteiger partial charge in [-0.25, -0.2) is 4.79 Å². The first kappa shape index (κ1) is 19.0. The molecule has 0 saturated carbocycles. The normalized spacial score (nSPS) is 23.3. The lowest BCUT2D eigenvalue weighted by molar-refractivity contribution is -0.126. The van der Waals surface area contributed by atoms with E-state index in [1.165, 1.54) is 19.3 Å². The highest BCUT2D eigenvalue weighted by molar-refractivity contribution is 5.79. The van der Waals surface area contributed by atoms with Gasteiger partial charge < -0.3 is 15.5 Å². The van der Waals surface area contributed by atoms with E-state index in [2.05, 4.69) is 22.5 Å². The van der Waals surface area contributed by atoms with E-state index in [-0.39, 0.29) is 23.9 Å². The molecule has 2 heterocycles. The van der Waals surface area contributed by atoms with Gasteiger partial charge in [0.05, 0.1) is 0 Å². The van der Waals surface area contributed by atoms with Gasteiger partial charge in [-0.05, 0) is 53.0 Å². The lowest BCUT2D eigenvalue weighted by atomic mass is 9.96. The topological polar surface area (TPSA) is 64.7 Å². The van der Waals surface area contributed by atoms with E-state index in [1.807, 2.05) is 18.7 Å². The first-order valence-electron chi connectivity index (χ1n) is 9.54. The molecular formula is C18H34N4O2. The summed E-state index contributed by atoms with van der Waals surface area (Å²) in [6.07, 6.45) is 5.39. The number of urea groups is 1. The van der Waals surface area contributed by atoms with Gasteiger partial charge in [0.1, 0.15) is 0 Å². The molecule has 138 valence electrons. The molecule has 0 radical (unpaired) electrons. The van der Waals surface area contributed by atoms with E-state index in [9.17, 15) is 9.59 Å². The highest BCUT2D eigenvalue weighted by Gasteiger charge is 2.27. The first-order chi connectivity index (χ1) is 11.5. The maximum Gasteiger partial charge on any atom is 0.317 e. The van der Waals surface area contributed by atoms with Gasteiger partial charge in [0, 0.05) is 44.2 Å². The molecule has 2 saturated heterocycles. The number of amides is 3. The Kier molecular flexibility index (Phi) is 7.34. The zero-order valence-electron chi connectivity index (χ0n) is 15.5. The van der Waals surface area contributed by atoms with Crippen LogP contribution in [0.3, 0.4) is 0 Å². The number of likely N-dealkylation sites (tertiary alicyclic amines) is 2. The number of piperidine rings is 2. The van der Waals surface area contributed by atoms with Crippen LogP contribution >= 0.6 is 0 Å². The summed E-state index contributed by atoms with van der Waals surface area (Å²) in [7, 11) is 0. The van der Waals surface area contributed by atoms with Crippen LogP contribution in [0.2, 0.25) is 0 Å². The van der Waals surface area contributed by atoms with Crippen LogP contribution in [0.25, 0.3) is 0 Å². The third-order valence-electron chi connectivity index (χ3n) is 5.20. The zero-order valence-corrected chi connectivity index (χ0v) is 15.5. The van der Waals surface area contributed by atoms with Gasteiger partial charge in [-0.1, -0.05) is 6.42 Å². The third-order valence-corrected chi connectivity index (χ3v) is 5.20. The molecule has 2 N–H and O–H groups in total. The van der Waals surface area contributed by atoms with Crippen LogP contribution in [0.5, 0.6) is 0 Å². The number of nitrogens with zero attached hydrogens (tertiary/aromatic N) is 2. The molecule has 24 heavy (non-hydrogen) atoms. The molecule has 0 bridgehead atoms. The highest BCUT2D eigenvalue weighted by atomic mass is 16.2. The van der Waals surface area contributed by atoms with Crippen molar-refractivity contribution in [3.05, 3.63) is 0 Å². The molecular weight excluding hydrogens is 304 g/mol. The highest BCUT2D eigenvalue weighted by Crippen LogP contribution is 2.18. The molecule has 0 aromatic carbocycles. The fourth-order valence-electron chi connectivity index (χ4n) is 3.64. The van der Waals surface area contributed by atoms with Gasteiger partial charge in [-0.3, -0.25) is 9.69 Å². The van der Waals surface area contributed by atoms with Crippen molar-refractivity contribution in [2.45, 2.75) is 65.0 Å². The Hall–Kier alpha value is -1.30. The minimum atomic E-state index is -0.0112. The number of carbonyl (C=O) groups excluding carboxylic acids is 2. The van der Waals surface area contributed by atoms with Gasteiger partial charge in [0.25, 0.3) is 0 Å². The van der Waals surface area contributed by atoms with E-state index in [4.69, 9.17) is 0 Å². The molecule has 0 spiro atoms. The van der Waals surface area contributed by atoms with Crippen LogP contribution in [-0.2, 0) is 4.79 Å². The van der Waals surface area contributed by atoms with Crippen molar-refractivity contribution in [2.24, 2.45) is 5.92 Å². The van der Waals surface area contributed by atoms with Crippen molar-refractivity contribution in [2.75, 3.05) is 32.7 Å². The second-order valence-electron chi connectivity index (χ2n) is 7.54. The molecule has 3 amide bonds. The van der Waals surface area contributed by atoms with Gasteiger partial charge >= 0.3 is 6.03 Å². The summed E-state index contributed by atoms with van der Waals surface area (Å²) in [5.41, 5.74) is 0. The number of hydrogen-bond donors (Lipinski definition) is 2. The average molecular weight is 338 g/mol. The van der Waals surface area contributed by atoms with Gasteiger partial charge in [0.15, 0.2) is 0 Å². The van der Waals surface area contributed by atoms with Gasteiger partial charge in [0.2, 0.25) is 5.91 Å². The van der Waals surface area contributed by atoms with Crippen molar-refractivity contribution in [3.8, 4) is 0 Å². The van der Waals surface area contributed by atoms with Crippen LogP contribution in [0.15, 0.2) is 0 Å². The second-order valence-corrected chi connectivity index (χ2v) is 7.54. The van der Waals surface area contributed by atoms with Crippen LogP contribution in [0.1, 0.15) is 52.9 Å². The molecule has 2 aliphatic rings. The van der Waals surface area contributed by atoms with E-state index in [0.717, 1.165) is 32.5 Å². The monoisotopic (exact) mass is 338 g/mol. The Morgan fingerprint density at radius 3 is 2.42 bits per heavy atom. The minimum Gasteiger partial charge on any atom is -0.355 e. The van der Waals surface area contributed by atoms with Crippen molar-refractivity contribution >= 4 is 11.9 Å². The number of nitrogens with one attached hydrogen (secondary N) is 2. The quantitative estimate of drug-likeness (QED) is 0.803. The molecule has 0 aliphatic carbocycles. The number of rotatable bonds is 5. The lowest BCUT2D eigenvalue weighted by Crippen LogP contribution is -2.49. The van der Waals surface area contributed by atoms with Crippen LogP contribution in [0.4, 0.5) is 4.79 Å². The second kappa shape index (κ2) is 9.25. The largest absolute Gasteiger partial charge is 0.355 e. The van der Waals surface area contributed by atoms with Crippen LogP contribution in [0, 0.1) is 5.92 Å². The van der Waals surface area contributed by atoms with Crippen molar-refractivity contribution < 1.29 is 9.59 Å². The summed E-state index contributed by atoms with van der Waals surface area (Å²) >= 11 is 0. The Bertz CT molecular complexity index is 419. The average Bonchev–Trinajstić information content (AvgIpc) is 2.56. The van der Waals surface area contributed by atoms with Crippen molar-refractivity contribution in [3.63, 3.8) is 0 Å². The first-order valence-corrected chi connectivity index (χ1v) is 9.54. The fraction of sp³-hybridized carbons (Fsp3) is 0.889. The van der Waals surface area contributed by atoms with E-state index in [1.54, 1.807) is 0 Å². The van der Waals surface area contributed by atoms with Crippen LogP contribution < -0.4 is 10.6 Å². The number of hydrogen-bond acceptors (Lipinski definition) is 3. The third kappa shape index (κ3) is 5.65. The predicted molar refractivity (Wildman–Crippen MR) is 95.9 cm³/mol. The Balaban J connectivity index is 1.64. The Labute approximate surface area is 146 Å². The predicted octanol–water partition coefficient (Wildman–Crippen LogP) is 1.81. The smallest absolute Gasteiger partial charge is 0.317 e. The van der Waals surface area contributed by atoms with Gasteiger partial charge in [-0.15, -0.1) is 0 Å². The maximum atomic E-state index is 12.3. The lowest BCUT2D eigenvalue weighted by Gasteiger charge is -2.34. The summed E-state index contributed by atoms with van der Waals surface area (Å²) in [4.78, 5) is 28.6. The molecule has 0 aromatic rings. The summed E-state index contributed by atoms with van der Waals surface area (Å²) in [5.74, 6) is 0.204. The summed E-state index contributed by atoms with van der Waals surface area (Å²) < 4.78 is 0. The molecule has 0 aromatic heterocycles. The SMILES string of the molecule is CC(C)NC(=O)N1CCC(C(=O)NCCN2CCCC[C@H]2C)CC1. The summed E-state index contributed by atoms with van der Waals surface area (Å²) in [5, 5.41) is 6.01. The molecule has 0 unspecified atom stereocenters. The van der Waals surface area contributed by atoms with Gasteiger partial charge in [-0.2, -0.15) is 0 Å². The summed E-state index contributed by atoms with van der Waals surface area (Å²) in [6, 6.07) is 0.775. The zero-order chi connectivity index (χ0) is 17.5. The van der Waals surface area contributed by atoms with E-state index >= 15 is 0 Å². The molecule has 6 heteroatoms. The number of carbonyl (C=O) groups is 2.